The van der Waals surface area contributed by atoms with Crippen molar-refractivity contribution in [3.05, 3.63) is 35.4 Å². The first-order valence-electron chi connectivity index (χ1n) is 8.00. The predicted molar refractivity (Wildman–Crippen MR) is 79.7 cm³/mol. The van der Waals surface area contributed by atoms with E-state index in [2.05, 4.69) is 36.5 Å². The Morgan fingerprint density at radius 1 is 1.35 bits per heavy atom. The number of carbonyl (C=O) groups excluding carboxylic acids is 1. The average Bonchev–Trinajstić information content (AvgIpc) is 2.46. The van der Waals surface area contributed by atoms with Crippen LogP contribution in [0.2, 0.25) is 0 Å². The molecule has 0 aromatic heterocycles. The van der Waals surface area contributed by atoms with Gasteiger partial charge < -0.3 is 5.32 Å². The SMILES string of the molecule is CC[C@@]12CC3NC(Cc4ccccc41)C2CC3C(C)=O. The highest BCUT2D eigenvalue weighted by molar-refractivity contribution is 5.79. The zero-order valence-electron chi connectivity index (χ0n) is 12.4. The normalized spacial score (nSPS) is 41.3. The molecule has 1 saturated carbocycles. The van der Waals surface area contributed by atoms with Crippen LogP contribution in [0, 0.1) is 11.8 Å². The molecular weight excluding hydrogens is 246 g/mol. The van der Waals surface area contributed by atoms with Gasteiger partial charge in [-0.25, -0.2) is 0 Å². The molecule has 2 saturated heterocycles. The lowest BCUT2D eigenvalue weighted by Gasteiger charge is -2.61. The summed E-state index contributed by atoms with van der Waals surface area (Å²) in [6.07, 6.45) is 4.59. The number of Topliss-reactive ketones (excluding diaryl/α,β-unsaturated/α-hetero) is 1. The van der Waals surface area contributed by atoms with E-state index in [1.54, 1.807) is 12.5 Å². The molecule has 3 fully saturated rings. The molecule has 4 aliphatic rings. The topological polar surface area (TPSA) is 29.1 Å². The fraction of sp³-hybridized carbons (Fsp3) is 0.611. The first-order chi connectivity index (χ1) is 9.65. The Hall–Kier alpha value is -1.15. The molecule has 4 bridgehead atoms. The van der Waals surface area contributed by atoms with Crippen molar-refractivity contribution in [2.24, 2.45) is 11.8 Å². The van der Waals surface area contributed by atoms with E-state index in [1.165, 1.54) is 12.0 Å². The number of nitrogens with one attached hydrogen (secondary N) is 1. The third-order valence-electron chi connectivity index (χ3n) is 6.35. The molecule has 1 aromatic carbocycles. The lowest BCUT2D eigenvalue weighted by atomic mass is 9.48. The smallest absolute Gasteiger partial charge is 0.134 e. The molecule has 4 unspecified atom stereocenters. The summed E-state index contributed by atoms with van der Waals surface area (Å²) >= 11 is 0. The second kappa shape index (κ2) is 4.17. The second-order valence-electron chi connectivity index (χ2n) is 7.01. The summed E-state index contributed by atoms with van der Waals surface area (Å²) in [6.45, 7) is 4.11. The summed E-state index contributed by atoms with van der Waals surface area (Å²) < 4.78 is 0. The predicted octanol–water partition coefficient (Wildman–Crippen LogP) is 2.85. The van der Waals surface area contributed by atoms with Crippen LogP contribution in [0.25, 0.3) is 0 Å². The Bertz CT molecular complexity index is 566. The standard InChI is InChI=1S/C18H23NO/c1-3-18-10-17-13(11(2)20)9-15(18)16(19-17)8-12-6-4-5-7-14(12)18/h4-7,13,15-17,19H,3,8-10H2,1-2H3/t13?,15?,16?,17?,18-/m1/s1. The lowest BCUT2D eigenvalue weighted by molar-refractivity contribution is -0.127. The number of ketones is 1. The maximum absolute atomic E-state index is 11.9. The lowest BCUT2D eigenvalue weighted by Crippen LogP contribution is -2.69. The number of piperidine rings is 2. The van der Waals surface area contributed by atoms with E-state index < -0.39 is 0 Å². The highest BCUT2D eigenvalue weighted by Gasteiger charge is 2.58. The first kappa shape index (κ1) is 12.6. The maximum atomic E-state index is 11.9. The average molecular weight is 269 g/mol. The van der Waals surface area contributed by atoms with Gasteiger partial charge in [-0.15, -0.1) is 0 Å². The largest absolute Gasteiger partial charge is 0.310 e. The number of hydrogen-bond acceptors (Lipinski definition) is 2. The van der Waals surface area contributed by atoms with Crippen molar-refractivity contribution in [1.82, 2.24) is 5.32 Å². The van der Waals surface area contributed by atoms with Crippen molar-refractivity contribution in [1.29, 1.82) is 0 Å². The van der Waals surface area contributed by atoms with Crippen molar-refractivity contribution >= 4 is 5.78 Å². The summed E-state index contributed by atoms with van der Waals surface area (Å²) in [5.74, 6) is 1.27. The zero-order chi connectivity index (χ0) is 13.9. The van der Waals surface area contributed by atoms with E-state index in [0.29, 0.717) is 29.2 Å². The molecule has 1 N–H and O–H groups in total. The Labute approximate surface area is 121 Å². The van der Waals surface area contributed by atoms with Crippen LogP contribution < -0.4 is 5.32 Å². The van der Waals surface area contributed by atoms with Gasteiger partial charge in [0, 0.05) is 23.4 Å². The van der Waals surface area contributed by atoms with Crippen molar-refractivity contribution in [3.63, 3.8) is 0 Å². The Morgan fingerprint density at radius 2 is 2.15 bits per heavy atom. The minimum absolute atomic E-state index is 0.251. The van der Waals surface area contributed by atoms with Crippen LogP contribution in [0.3, 0.4) is 0 Å². The quantitative estimate of drug-likeness (QED) is 0.894. The van der Waals surface area contributed by atoms with Gasteiger partial charge >= 0.3 is 0 Å². The summed E-state index contributed by atoms with van der Waals surface area (Å²) in [5, 5.41) is 3.79. The van der Waals surface area contributed by atoms with Crippen LogP contribution in [-0.2, 0) is 16.6 Å². The fourth-order valence-corrected chi connectivity index (χ4v) is 5.44. The molecule has 5 atom stereocenters. The number of rotatable bonds is 2. The molecule has 106 valence electrons. The van der Waals surface area contributed by atoms with Crippen LogP contribution in [0.1, 0.15) is 44.2 Å². The van der Waals surface area contributed by atoms with Gasteiger partial charge in [-0.05, 0) is 49.7 Å². The molecule has 0 spiro atoms. The molecule has 20 heavy (non-hydrogen) atoms. The monoisotopic (exact) mass is 269 g/mol. The van der Waals surface area contributed by atoms with Gasteiger partial charge in [0.15, 0.2) is 0 Å². The molecule has 2 nitrogen and oxygen atoms in total. The summed E-state index contributed by atoms with van der Waals surface area (Å²) in [6, 6.07) is 9.98. The first-order valence-corrected chi connectivity index (χ1v) is 8.00. The van der Waals surface area contributed by atoms with Crippen LogP contribution in [-0.4, -0.2) is 17.9 Å². The molecule has 2 aliphatic heterocycles. The third kappa shape index (κ3) is 1.46. The fourth-order valence-electron chi connectivity index (χ4n) is 5.44. The van der Waals surface area contributed by atoms with Gasteiger partial charge in [0.05, 0.1) is 0 Å². The van der Waals surface area contributed by atoms with E-state index in [1.807, 2.05) is 0 Å². The molecule has 0 amide bonds. The molecule has 2 heteroatoms. The molecule has 1 aromatic rings. The van der Waals surface area contributed by atoms with Gasteiger partial charge in [0.25, 0.3) is 0 Å². The van der Waals surface area contributed by atoms with Crippen molar-refractivity contribution < 1.29 is 4.79 Å². The van der Waals surface area contributed by atoms with Gasteiger partial charge in [0.1, 0.15) is 5.78 Å². The van der Waals surface area contributed by atoms with Crippen LogP contribution >= 0.6 is 0 Å². The van der Waals surface area contributed by atoms with Crippen molar-refractivity contribution in [2.45, 2.75) is 57.0 Å². The van der Waals surface area contributed by atoms with E-state index in [9.17, 15) is 4.79 Å². The van der Waals surface area contributed by atoms with Gasteiger partial charge in [0.2, 0.25) is 0 Å². The van der Waals surface area contributed by atoms with E-state index in [4.69, 9.17) is 0 Å². The van der Waals surface area contributed by atoms with E-state index in [0.717, 1.165) is 19.3 Å². The second-order valence-corrected chi connectivity index (χ2v) is 7.01. The maximum Gasteiger partial charge on any atom is 0.134 e. The summed E-state index contributed by atoms with van der Waals surface area (Å²) in [7, 11) is 0. The number of hydrogen-bond donors (Lipinski definition) is 1. The Kier molecular flexibility index (Phi) is 2.62. The summed E-state index contributed by atoms with van der Waals surface area (Å²) in [4.78, 5) is 11.9. The van der Waals surface area contributed by atoms with Crippen LogP contribution in [0.5, 0.6) is 0 Å². The molecule has 0 radical (unpaired) electrons. The number of benzene rings is 1. The summed E-state index contributed by atoms with van der Waals surface area (Å²) in [5.41, 5.74) is 3.43. The van der Waals surface area contributed by atoms with Crippen molar-refractivity contribution in [2.75, 3.05) is 0 Å². The number of fused-ring (bicyclic) bond motifs is 2. The third-order valence-corrected chi connectivity index (χ3v) is 6.35. The Balaban J connectivity index is 1.83. The van der Waals surface area contributed by atoms with Crippen LogP contribution in [0.15, 0.2) is 24.3 Å². The zero-order valence-corrected chi connectivity index (χ0v) is 12.4. The molecule has 5 rings (SSSR count). The van der Waals surface area contributed by atoms with E-state index in [-0.39, 0.29) is 5.92 Å². The molecule has 2 heterocycles. The number of carbonyl (C=O) groups is 1. The van der Waals surface area contributed by atoms with Gasteiger partial charge in [-0.1, -0.05) is 31.2 Å². The highest BCUT2D eigenvalue weighted by Crippen LogP contribution is 2.56. The Morgan fingerprint density at radius 3 is 2.85 bits per heavy atom. The van der Waals surface area contributed by atoms with Crippen molar-refractivity contribution in [3.8, 4) is 0 Å². The molecular formula is C18H23NO. The minimum atomic E-state index is 0.251. The molecule has 2 aliphatic carbocycles. The highest BCUT2D eigenvalue weighted by atomic mass is 16.1. The van der Waals surface area contributed by atoms with Crippen LogP contribution in [0.4, 0.5) is 0 Å². The van der Waals surface area contributed by atoms with Gasteiger partial charge in [-0.2, -0.15) is 0 Å². The van der Waals surface area contributed by atoms with E-state index >= 15 is 0 Å². The minimum Gasteiger partial charge on any atom is -0.310 e. The van der Waals surface area contributed by atoms with Gasteiger partial charge in [-0.3, -0.25) is 4.79 Å².